The second-order valence-electron chi connectivity index (χ2n) is 4.88. The van der Waals surface area contributed by atoms with E-state index >= 15 is 0 Å². The minimum Gasteiger partial charge on any atom is -0.382 e. The second kappa shape index (κ2) is 6.19. The molecule has 2 rings (SSSR count). The van der Waals surface area contributed by atoms with Gasteiger partial charge in [0.25, 0.3) is 5.91 Å². The fourth-order valence-electron chi connectivity index (χ4n) is 2.22. The van der Waals surface area contributed by atoms with Crippen LogP contribution < -0.4 is 10.6 Å². The highest BCUT2D eigenvalue weighted by Gasteiger charge is 2.18. The lowest BCUT2D eigenvalue weighted by atomic mass is 10.1. The molecule has 1 aromatic carbocycles. The Hall–Kier alpha value is -1.36. The molecule has 19 heavy (non-hydrogen) atoms. The Morgan fingerprint density at radius 2 is 2.00 bits per heavy atom. The Morgan fingerprint density at radius 3 is 2.63 bits per heavy atom. The van der Waals surface area contributed by atoms with Crippen LogP contribution >= 0.6 is 0 Å². The van der Waals surface area contributed by atoms with Crippen LogP contribution in [0.15, 0.2) is 18.2 Å². The third-order valence-electron chi connectivity index (χ3n) is 3.47. The van der Waals surface area contributed by atoms with E-state index in [1.807, 2.05) is 25.1 Å². The van der Waals surface area contributed by atoms with Gasteiger partial charge in [0.1, 0.15) is 0 Å². The van der Waals surface area contributed by atoms with Gasteiger partial charge in [0, 0.05) is 46.6 Å². The van der Waals surface area contributed by atoms with Crippen LogP contribution in [0.5, 0.6) is 0 Å². The fourth-order valence-corrected chi connectivity index (χ4v) is 3.52. The van der Waals surface area contributed by atoms with Gasteiger partial charge in [-0.15, -0.1) is 0 Å². The van der Waals surface area contributed by atoms with Crippen LogP contribution in [0.1, 0.15) is 28.8 Å². The van der Waals surface area contributed by atoms with Crippen LogP contribution in [-0.2, 0) is 10.8 Å². The van der Waals surface area contributed by atoms with E-state index in [1.165, 1.54) is 0 Å². The van der Waals surface area contributed by atoms with Crippen molar-refractivity contribution in [2.45, 2.75) is 25.8 Å². The first-order valence-corrected chi connectivity index (χ1v) is 8.03. The van der Waals surface area contributed by atoms with Gasteiger partial charge in [-0.05, 0) is 37.5 Å². The Balaban J connectivity index is 2.10. The number of carbonyl (C=O) groups is 1. The summed E-state index contributed by atoms with van der Waals surface area (Å²) in [6.45, 7) is 2.02. The van der Waals surface area contributed by atoms with E-state index in [0.29, 0.717) is 11.6 Å². The van der Waals surface area contributed by atoms with Gasteiger partial charge in [-0.1, -0.05) is 6.07 Å². The number of amides is 1. The summed E-state index contributed by atoms with van der Waals surface area (Å²) in [4.78, 5) is 11.6. The predicted molar refractivity (Wildman–Crippen MR) is 79.1 cm³/mol. The van der Waals surface area contributed by atoms with Crippen LogP contribution in [-0.4, -0.2) is 34.7 Å². The van der Waals surface area contributed by atoms with Crippen molar-refractivity contribution in [1.82, 2.24) is 5.32 Å². The largest absolute Gasteiger partial charge is 0.382 e. The standard InChI is InChI=1S/C14H20N2O2S/c1-10-3-4-11(14(17)15-2)9-13(10)16-12-5-7-19(18)8-6-12/h3-4,9,12,16H,5-8H2,1-2H3,(H,15,17). The molecule has 0 atom stereocenters. The minimum absolute atomic E-state index is 0.0761. The Bertz CT molecular complexity index is 492. The van der Waals surface area contributed by atoms with Crippen LogP contribution in [0.25, 0.3) is 0 Å². The average Bonchev–Trinajstić information content (AvgIpc) is 2.43. The van der Waals surface area contributed by atoms with Gasteiger partial charge in [-0.3, -0.25) is 9.00 Å². The van der Waals surface area contributed by atoms with Crippen molar-refractivity contribution in [3.05, 3.63) is 29.3 Å². The molecular formula is C14H20N2O2S. The monoisotopic (exact) mass is 280 g/mol. The number of anilines is 1. The van der Waals surface area contributed by atoms with Crippen molar-refractivity contribution in [3.8, 4) is 0 Å². The van der Waals surface area contributed by atoms with Gasteiger partial charge < -0.3 is 10.6 Å². The molecule has 1 fully saturated rings. The molecule has 1 aliphatic rings. The van der Waals surface area contributed by atoms with Crippen molar-refractivity contribution >= 4 is 22.4 Å². The number of benzene rings is 1. The number of hydrogen-bond donors (Lipinski definition) is 2. The molecule has 104 valence electrons. The van der Waals surface area contributed by atoms with Gasteiger partial charge in [0.15, 0.2) is 0 Å². The molecular weight excluding hydrogens is 260 g/mol. The SMILES string of the molecule is CNC(=O)c1ccc(C)c(NC2CCS(=O)CC2)c1. The Kier molecular flexibility index (Phi) is 4.58. The normalized spacial score (nSPS) is 22.8. The topological polar surface area (TPSA) is 58.2 Å². The molecule has 1 heterocycles. The first-order valence-electron chi connectivity index (χ1n) is 6.54. The zero-order valence-electron chi connectivity index (χ0n) is 11.4. The van der Waals surface area contributed by atoms with Gasteiger partial charge in [0.05, 0.1) is 0 Å². The number of hydrogen-bond acceptors (Lipinski definition) is 3. The highest BCUT2D eigenvalue weighted by molar-refractivity contribution is 7.85. The molecule has 0 spiro atoms. The summed E-state index contributed by atoms with van der Waals surface area (Å²) >= 11 is 0. The molecule has 0 aromatic heterocycles. The lowest BCUT2D eigenvalue weighted by Gasteiger charge is -2.24. The maximum atomic E-state index is 11.6. The van der Waals surface area contributed by atoms with E-state index in [9.17, 15) is 9.00 Å². The highest BCUT2D eigenvalue weighted by atomic mass is 32.2. The second-order valence-corrected chi connectivity index (χ2v) is 6.57. The zero-order chi connectivity index (χ0) is 13.8. The van der Waals surface area contributed by atoms with Crippen molar-refractivity contribution < 1.29 is 9.00 Å². The number of nitrogens with one attached hydrogen (secondary N) is 2. The maximum Gasteiger partial charge on any atom is 0.251 e. The number of rotatable bonds is 3. The van der Waals surface area contributed by atoms with Gasteiger partial charge in [-0.25, -0.2) is 0 Å². The first kappa shape index (κ1) is 14.1. The summed E-state index contributed by atoms with van der Waals surface area (Å²) in [6.07, 6.45) is 1.85. The van der Waals surface area contributed by atoms with Crippen molar-refractivity contribution in [3.63, 3.8) is 0 Å². The zero-order valence-corrected chi connectivity index (χ0v) is 12.2. The molecule has 4 nitrogen and oxygen atoms in total. The summed E-state index contributed by atoms with van der Waals surface area (Å²) in [5, 5.41) is 6.11. The predicted octanol–water partition coefficient (Wildman–Crippen LogP) is 1.68. The molecule has 0 aliphatic carbocycles. The van der Waals surface area contributed by atoms with Crippen molar-refractivity contribution in [2.24, 2.45) is 0 Å². The Morgan fingerprint density at radius 1 is 1.32 bits per heavy atom. The van der Waals surface area contributed by atoms with E-state index in [2.05, 4.69) is 10.6 Å². The summed E-state index contributed by atoms with van der Waals surface area (Å²) in [5.74, 6) is 1.46. The summed E-state index contributed by atoms with van der Waals surface area (Å²) in [6, 6.07) is 6.03. The fraction of sp³-hybridized carbons (Fsp3) is 0.500. The average molecular weight is 280 g/mol. The molecule has 1 saturated heterocycles. The van der Waals surface area contributed by atoms with Gasteiger partial charge in [-0.2, -0.15) is 0 Å². The summed E-state index contributed by atoms with van der Waals surface area (Å²) in [5.41, 5.74) is 2.79. The van der Waals surface area contributed by atoms with Crippen molar-refractivity contribution in [1.29, 1.82) is 0 Å². The molecule has 0 bridgehead atoms. The molecule has 2 N–H and O–H groups in total. The highest BCUT2D eigenvalue weighted by Crippen LogP contribution is 2.21. The number of aryl methyl sites for hydroxylation is 1. The van der Waals surface area contributed by atoms with Gasteiger partial charge in [0.2, 0.25) is 0 Å². The van der Waals surface area contributed by atoms with E-state index in [1.54, 1.807) is 7.05 Å². The smallest absolute Gasteiger partial charge is 0.251 e. The molecule has 0 saturated carbocycles. The summed E-state index contributed by atoms with van der Waals surface area (Å²) < 4.78 is 11.3. The van der Waals surface area contributed by atoms with Crippen LogP contribution in [0.4, 0.5) is 5.69 Å². The lowest BCUT2D eigenvalue weighted by molar-refractivity contribution is 0.0963. The van der Waals surface area contributed by atoms with Crippen LogP contribution in [0.3, 0.4) is 0 Å². The first-order chi connectivity index (χ1) is 9.10. The molecule has 1 aliphatic heterocycles. The molecule has 5 heteroatoms. The summed E-state index contributed by atoms with van der Waals surface area (Å²) in [7, 11) is 0.989. The molecule has 0 radical (unpaired) electrons. The molecule has 1 amide bonds. The van der Waals surface area contributed by atoms with Crippen LogP contribution in [0, 0.1) is 6.92 Å². The Labute approximate surface area is 116 Å². The third-order valence-corrected chi connectivity index (χ3v) is 4.86. The lowest BCUT2D eigenvalue weighted by Crippen LogP contribution is -2.29. The van der Waals surface area contributed by atoms with E-state index in [-0.39, 0.29) is 5.91 Å². The quantitative estimate of drug-likeness (QED) is 0.885. The van der Waals surface area contributed by atoms with Crippen molar-refractivity contribution in [2.75, 3.05) is 23.9 Å². The third kappa shape index (κ3) is 3.56. The van der Waals surface area contributed by atoms with E-state index in [4.69, 9.17) is 0 Å². The van der Waals surface area contributed by atoms with Crippen LogP contribution in [0.2, 0.25) is 0 Å². The van der Waals surface area contributed by atoms with E-state index in [0.717, 1.165) is 35.6 Å². The molecule has 1 aromatic rings. The number of carbonyl (C=O) groups excluding carboxylic acids is 1. The van der Waals surface area contributed by atoms with Gasteiger partial charge >= 0.3 is 0 Å². The minimum atomic E-state index is -0.642. The van der Waals surface area contributed by atoms with E-state index < -0.39 is 10.8 Å². The maximum absolute atomic E-state index is 11.6. The molecule has 0 unspecified atom stereocenters.